The molecule has 0 amide bonds. The van der Waals surface area contributed by atoms with Crippen molar-refractivity contribution in [2.24, 2.45) is 0 Å². The highest BCUT2D eigenvalue weighted by Crippen LogP contribution is 2.09. The van der Waals surface area contributed by atoms with Crippen LogP contribution >= 0.6 is 34.1 Å². The third-order valence-corrected chi connectivity index (χ3v) is 3.15. The maximum atomic E-state index is 11.7. The van der Waals surface area contributed by atoms with Crippen LogP contribution in [0.1, 0.15) is 16.1 Å². The van der Waals surface area contributed by atoms with Crippen molar-refractivity contribution in [3.8, 4) is 0 Å². The quantitative estimate of drug-likeness (QED) is 0.642. The van der Waals surface area contributed by atoms with Crippen molar-refractivity contribution in [2.45, 2.75) is 6.42 Å². The fourth-order valence-corrected chi connectivity index (χ4v) is 1.98. The van der Waals surface area contributed by atoms with Crippen LogP contribution in [-0.2, 0) is 6.42 Å². The Balaban J connectivity index is 2.09. The first-order valence-corrected chi connectivity index (χ1v) is 6.22. The number of Topliss-reactive ketones (excluding diaryl/α,β-unsaturated/α-hetero) is 1. The highest BCUT2D eigenvalue weighted by Gasteiger charge is 2.09. The van der Waals surface area contributed by atoms with E-state index in [-0.39, 0.29) is 5.78 Å². The molecule has 0 fully saturated rings. The van der Waals surface area contributed by atoms with Gasteiger partial charge < -0.3 is 0 Å². The van der Waals surface area contributed by atoms with Crippen molar-refractivity contribution in [3.05, 3.63) is 44.5 Å². The zero-order valence-electron chi connectivity index (χ0n) is 7.68. The molecule has 0 bridgehead atoms. The zero-order valence-corrected chi connectivity index (χ0v) is 10.7. The molecule has 0 saturated heterocycles. The minimum atomic E-state index is 0.0185. The Bertz CT molecular complexity index is 453. The Kier molecular flexibility index (Phi) is 3.42. The summed E-state index contributed by atoms with van der Waals surface area (Å²) in [6.45, 7) is 0. The van der Waals surface area contributed by atoms with E-state index in [0.717, 1.165) is 5.56 Å². The number of aromatic nitrogens is 2. The number of ketones is 1. The minimum Gasteiger partial charge on any atom is -0.292 e. The molecule has 0 saturated carbocycles. The Hall–Kier alpha value is -0.820. The molecule has 0 radical (unpaired) electrons. The van der Waals surface area contributed by atoms with Crippen molar-refractivity contribution < 1.29 is 4.79 Å². The van der Waals surface area contributed by atoms with E-state index in [1.54, 1.807) is 5.38 Å². The summed E-state index contributed by atoms with van der Waals surface area (Å²) in [6, 6.07) is 7.89. The summed E-state index contributed by atoms with van der Waals surface area (Å²) in [6.07, 6.45) is 0.391. The lowest BCUT2D eigenvalue weighted by molar-refractivity contribution is 0.0988. The number of hydrogen-bond acceptors (Lipinski definition) is 4. The SMILES string of the molecule is O=C(Cc1ccc(I)cc1)c1csnn1. The Labute approximate surface area is 105 Å². The van der Waals surface area contributed by atoms with Crippen LogP contribution in [0.3, 0.4) is 0 Å². The average molecular weight is 330 g/mol. The Morgan fingerprint density at radius 1 is 1.33 bits per heavy atom. The van der Waals surface area contributed by atoms with Crippen molar-refractivity contribution in [1.82, 2.24) is 9.59 Å². The van der Waals surface area contributed by atoms with Crippen LogP contribution in [0.5, 0.6) is 0 Å². The molecular formula is C10H7IN2OS. The highest BCUT2D eigenvalue weighted by molar-refractivity contribution is 14.1. The molecule has 76 valence electrons. The van der Waals surface area contributed by atoms with E-state index >= 15 is 0 Å². The van der Waals surface area contributed by atoms with Crippen LogP contribution < -0.4 is 0 Å². The number of carbonyl (C=O) groups excluding carboxylic acids is 1. The van der Waals surface area contributed by atoms with Crippen molar-refractivity contribution in [3.63, 3.8) is 0 Å². The van der Waals surface area contributed by atoms with Gasteiger partial charge in [0.05, 0.1) is 0 Å². The second-order valence-electron chi connectivity index (χ2n) is 3.02. The van der Waals surface area contributed by atoms with E-state index in [4.69, 9.17) is 0 Å². The number of rotatable bonds is 3. The third-order valence-electron chi connectivity index (χ3n) is 1.92. The van der Waals surface area contributed by atoms with Gasteiger partial charge >= 0.3 is 0 Å². The largest absolute Gasteiger partial charge is 0.292 e. The van der Waals surface area contributed by atoms with Gasteiger partial charge in [-0.05, 0) is 51.8 Å². The molecule has 15 heavy (non-hydrogen) atoms. The summed E-state index contributed by atoms with van der Waals surface area (Å²) in [5.74, 6) is 0.0185. The first-order chi connectivity index (χ1) is 7.25. The van der Waals surface area contributed by atoms with Gasteiger partial charge in [0.2, 0.25) is 0 Å². The molecule has 0 atom stereocenters. The van der Waals surface area contributed by atoms with Gasteiger partial charge in [-0.15, -0.1) is 5.10 Å². The van der Waals surface area contributed by atoms with E-state index in [2.05, 4.69) is 32.2 Å². The van der Waals surface area contributed by atoms with Gasteiger partial charge in [0.25, 0.3) is 0 Å². The van der Waals surface area contributed by atoms with Gasteiger partial charge in [0, 0.05) is 15.4 Å². The molecule has 1 heterocycles. The topological polar surface area (TPSA) is 42.9 Å². The van der Waals surface area contributed by atoms with Crippen LogP contribution in [0, 0.1) is 3.57 Å². The van der Waals surface area contributed by atoms with E-state index in [9.17, 15) is 4.79 Å². The van der Waals surface area contributed by atoms with Gasteiger partial charge in [0.15, 0.2) is 5.78 Å². The standard InChI is InChI=1S/C10H7IN2OS/c11-8-3-1-7(2-4-8)5-10(14)9-6-15-13-12-9/h1-4,6H,5H2. The summed E-state index contributed by atoms with van der Waals surface area (Å²) in [4.78, 5) is 11.7. The monoisotopic (exact) mass is 330 g/mol. The summed E-state index contributed by atoms with van der Waals surface area (Å²) in [7, 11) is 0. The van der Waals surface area contributed by atoms with Gasteiger partial charge in [-0.2, -0.15) is 0 Å². The third kappa shape index (κ3) is 2.82. The molecule has 0 unspecified atom stereocenters. The average Bonchev–Trinajstić information content (AvgIpc) is 2.74. The molecule has 0 aliphatic rings. The van der Waals surface area contributed by atoms with Crippen LogP contribution in [0.4, 0.5) is 0 Å². The highest BCUT2D eigenvalue weighted by atomic mass is 127. The first-order valence-electron chi connectivity index (χ1n) is 4.30. The van der Waals surface area contributed by atoms with Crippen molar-refractivity contribution >= 4 is 39.9 Å². The molecule has 0 aliphatic carbocycles. The lowest BCUT2D eigenvalue weighted by atomic mass is 10.1. The minimum absolute atomic E-state index is 0.0185. The van der Waals surface area contributed by atoms with E-state index in [1.165, 1.54) is 15.1 Å². The fourth-order valence-electron chi connectivity index (χ4n) is 1.16. The van der Waals surface area contributed by atoms with Crippen LogP contribution in [0.25, 0.3) is 0 Å². The molecule has 3 nitrogen and oxygen atoms in total. The molecular weight excluding hydrogens is 323 g/mol. The molecule has 1 aromatic heterocycles. The molecule has 2 aromatic rings. The predicted molar refractivity (Wildman–Crippen MR) is 67.1 cm³/mol. The van der Waals surface area contributed by atoms with Crippen molar-refractivity contribution in [1.29, 1.82) is 0 Å². The number of hydrogen-bond donors (Lipinski definition) is 0. The van der Waals surface area contributed by atoms with Crippen LogP contribution in [0.15, 0.2) is 29.6 Å². The van der Waals surface area contributed by atoms with E-state index in [1.807, 2.05) is 24.3 Å². The fraction of sp³-hybridized carbons (Fsp3) is 0.100. The van der Waals surface area contributed by atoms with E-state index in [0.29, 0.717) is 12.1 Å². The zero-order chi connectivity index (χ0) is 10.7. The lowest BCUT2D eigenvalue weighted by Crippen LogP contribution is -2.03. The van der Waals surface area contributed by atoms with Crippen molar-refractivity contribution in [2.75, 3.05) is 0 Å². The van der Waals surface area contributed by atoms with Gasteiger partial charge in [0.1, 0.15) is 5.69 Å². The number of carbonyl (C=O) groups is 1. The van der Waals surface area contributed by atoms with Crippen LogP contribution in [-0.4, -0.2) is 15.4 Å². The smallest absolute Gasteiger partial charge is 0.188 e. The second kappa shape index (κ2) is 4.80. The molecule has 0 N–H and O–H groups in total. The molecule has 0 spiro atoms. The number of nitrogens with zero attached hydrogens (tertiary/aromatic N) is 2. The summed E-state index contributed by atoms with van der Waals surface area (Å²) >= 11 is 3.43. The normalized spacial score (nSPS) is 10.2. The molecule has 0 aliphatic heterocycles. The second-order valence-corrected chi connectivity index (χ2v) is 4.87. The predicted octanol–water partition coefficient (Wildman–Crippen LogP) is 2.57. The Morgan fingerprint density at radius 2 is 2.07 bits per heavy atom. The summed E-state index contributed by atoms with van der Waals surface area (Å²) in [5, 5.41) is 5.42. The van der Waals surface area contributed by atoms with Crippen LogP contribution in [0.2, 0.25) is 0 Å². The summed E-state index contributed by atoms with van der Waals surface area (Å²) in [5.41, 5.74) is 1.46. The molecule has 1 aromatic carbocycles. The number of halogens is 1. The molecule has 2 rings (SSSR count). The molecule has 5 heteroatoms. The van der Waals surface area contributed by atoms with Gasteiger partial charge in [-0.25, -0.2) is 0 Å². The maximum Gasteiger partial charge on any atom is 0.188 e. The Morgan fingerprint density at radius 3 is 2.67 bits per heavy atom. The van der Waals surface area contributed by atoms with Gasteiger partial charge in [-0.3, -0.25) is 4.79 Å². The van der Waals surface area contributed by atoms with E-state index < -0.39 is 0 Å². The first kappa shape index (κ1) is 10.7. The summed E-state index contributed by atoms with van der Waals surface area (Å²) < 4.78 is 4.83. The number of benzene rings is 1. The maximum absolute atomic E-state index is 11.7. The lowest BCUT2D eigenvalue weighted by Gasteiger charge is -1.98. The van der Waals surface area contributed by atoms with Gasteiger partial charge in [-0.1, -0.05) is 16.6 Å².